The highest BCUT2D eigenvalue weighted by atomic mass is 19.3. The maximum absolute atomic E-state index is 14.3. The average Bonchev–Trinajstić information content (AvgIpc) is 4.11. The first-order chi connectivity index (χ1) is 30.2. The number of hydrogen-bond acceptors (Lipinski definition) is 11. The van der Waals surface area contributed by atoms with Crippen molar-refractivity contribution in [2.45, 2.75) is 82.1 Å². The fraction of sp³-hybridized carbons (Fsp3) is 0.477. The third-order valence-corrected chi connectivity index (χ3v) is 13.0. The Morgan fingerprint density at radius 1 is 1.03 bits per heavy atom. The molecule has 322 valence electrons. The number of imide groups is 1. The van der Waals surface area contributed by atoms with Gasteiger partial charge in [-0.15, -0.1) is 0 Å². The van der Waals surface area contributed by atoms with Gasteiger partial charge in [-0.25, -0.2) is 23.1 Å². The number of amides is 4. The highest BCUT2D eigenvalue weighted by Crippen LogP contribution is 2.36. The van der Waals surface area contributed by atoms with Crippen LogP contribution in [-0.2, 0) is 14.3 Å². The Balaban J connectivity index is 0.683. The van der Waals surface area contributed by atoms with E-state index in [0.717, 1.165) is 93.3 Å². The molecule has 4 aliphatic heterocycles. The highest BCUT2D eigenvalue weighted by molar-refractivity contribution is 6.10. The zero-order valence-corrected chi connectivity index (χ0v) is 34.1. The van der Waals surface area contributed by atoms with Crippen molar-refractivity contribution in [3.63, 3.8) is 0 Å². The number of rotatable bonds is 10. The topological polar surface area (TPSA) is 164 Å². The number of aromatic nitrogens is 6. The molecule has 1 aliphatic carbocycles. The molecule has 16 nitrogen and oxygen atoms in total. The van der Waals surface area contributed by atoms with Crippen LogP contribution in [0.2, 0.25) is 0 Å². The van der Waals surface area contributed by atoms with Crippen molar-refractivity contribution in [2.24, 2.45) is 5.92 Å². The van der Waals surface area contributed by atoms with Gasteiger partial charge in [-0.2, -0.15) is 10.2 Å². The normalized spacial score (nSPS) is 23.3. The molecule has 4 amide bonds. The number of hydrogen-bond donors (Lipinski definition) is 2. The van der Waals surface area contributed by atoms with E-state index in [1.54, 1.807) is 29.5 Å². The first-order valence-corrected chi connectivity index (χ1v) is 21.5. The van der Waals surface area contributed by atoms with Crippen LogP contribution >= 0.6 is 0 Å². The molecule has 0 unspecified atom stereocenters. The number of carbonyl (C=O) groups is 3. The van der Waals surface area contributed by atoms with Crippen LogP contribution in [0.5, 0.6) is 0 Å². The van der Waals surface area contributed by atoms with Crippen molar-refractivity contribution in [3.8, 4) is 11.8 Å². The van der Waals surface area contributed by atoms with Crippen molar-refractivity contribution in [3.05, 3.63) is 72.1 Å². The molecular formula is C44H47F2N11O5. The largest absolute Gasteiger partial charge is 0.374 e. The number of piperidine rings is 1. The van der Waals surface area contributed by atoms with Crippen molar-refractivity contribution in [2.75, 3.05) is 61.1 Å². The SMILES string of the molecule is O=C1CCN(c2cncc3cc(C#CCOC4CCN(C[C@H]5CC[C@H](n6cc(NC(=O)c7cnn8ccc(N9C[C@H]%10C[C@@H]9CO%10)nc78)c(C(F)F)n6)CC5)CC4)ccc23)C(=O)N1. The molecule has 0 radical (unpaired) electrons. The molecule has 5 fully saturated rings. The maximum Gasteiger partial charge on any atom is 0.328 e. The first kappa shape index (κ1) is 40.1. The lowest BCUT2D eigenvalue weighted by molar-refractivity contribution is -0.120. The van der Waals surface area contributed by atoms with Crippen LogP contribution in [0, 0.1) is 17.8 Å². The quantitative estimate of drug-likeness (QED) is 0.174. The van der Waals surface area contributed by atoms with E-state index in [4.69, 9.17) is 14.5 Å². The number of halogens is 2. The number of nitrogens with zero attached hydrogens (tertiary/aromatic N) is 9. The Kier molecular flexibility index (Phi) is 11.0. The molecular weight excluding hydrogens is 801 g/mol. The minimum absolute atomic E-state index is 0.000389. The van der Waals surface area contributed by atoms with Gasteiger partial charge in [0.1, 0.15) is 18.0 Å². The molecule has 8 heterocycles. The summed E-state index contributed by atoms with van der Waals surface area (Å²) in [6.45, 7) is 4.90. The summed E-state index contributed by atoms with van der Waals surface area (Å²) in [5.41, 5.74) is 1.59. The Morgan fingerprint density at radius 2 is 1.89 bits per heavy atom. The Hall–Kier alpha value is -6.03. The molecule has 10 rings (SSSR count). The molecule has 18 heteroatoms. The Labute approximate surface area is 355 Å². The molecule has 1 saturated carbocycles. The van der Waals surface area contributed by atoms with Gasteiger partial charge in [0.25, 0.3) is 12.3 Å². The third kappa shape index (κ3) is 8.19. The number of morpholine rings is 1. The summed E-state index contributed by atoms with van der Waals surface area (Å²) in [6, 6.07) is 7.41. The van der Waals surface area contributed by atoms with Gasteiger partial charge in [0.15, 0.2) is 11.3 Å². The van der Waals surface area contributed by atoms with Crippen LogP contribution in [0.25, 0.3) is 16.4 Å². The summed E-state index contributed by atoms with van der Waals surface area (Å²) in [7, 11) is 0. The molecule has 5 aromatic rings. The molecule has 4 saturated heterocycles. The second-order valence-electron chi connectivity index (χ2n) is 16.9. The Morgan fingerprint density at radius 3 is 2.66 bits per heavy atom. The van der Waals surface area contributed by atoms with E-state index in [1.807, 2.05) is 24.3 Å². The average molecular weight is 848 g/mol. The van der Waals surface area contributed by atoms with Gasteiger partial charge in [0, 0.05) is 74.1 Å². The molecule has 2 N–H and O–H groups in total. The lowest BCUT2D eigenvalue weighted by Crippen LogP contribution is -2.49. The summed E-state index contributed by atoms with van der Waals surface area (Å²) in [6.07, 6.45) is 12.2. The number of fused-ring (bicyclic) bond motifs is 4. The van der Waals surface area contributed by atoms with Crippen molar-refractivity contribution >= 4 is 51.5 Å². The molecule has 1 aromatic carbocycles. The molecule has 2 atom stereocenters. The third-order valence-electron chi connectivity index (χ3n) is 13.0. The lowest BCUT2D eigenvalue weighted by Gasteiger charge is -2.36. The second kappa shape index (κ2) is 17.0. The summed E-state index contributed by atoms with van der Waals surface area (Å²) < 4.78 is 43.5. The molecule has 5 aliphatic rings. The smallest absolute Gasteiger partial charge is 0.328 e. The summed E-state index contributed by atoms with van der Waals surface area (Å²) >= 11 is 0. The fourth-order valence-electron chi connectivity index (χ4n) is 9.66. The number of benzene rings is 1. The predicted octanol–water partition coefficient (Wildman–Crippen LogP) is 5.35. The number of ether oxygens (including phenoxy) is 2. The predicted molar refractivity (Wildman–Crippen MR) is 224 cm³/mol. The molecule has 2 bridgehead atoms. The van der Waals surface area contributed by atoms with Gasteiger partial charge < -0.3 is 24.6 Å². The molecule has 4 aromatic heterocycles. The van der Waals surface area contributed by atoms with E-state index in [0.29, 0.717) is 37.0 Å². The van der Waals surface area contributed by atoms with E-state index >= 15 is 0 Å². The van der Waals surface area contributed by atoms with Crippen LogP contribution in [0.15, 0.2) is 55.2 Å². The van der Waals surface area contributed by atoms with Gasteiger partial charge in [-0.1, -0.05) is 17.9 Å². The van der Waals surface area contributed by atoms with Crippen molar-refractivity contribution < 1.29 is 32.6 Å². The number of pyridine rings is 1. The molecule has 62 heavy (non-hydrogen) atoms. The van der Waals surface area contributed by atoms with E-state index < -0.39 is 24.1 Å². The van der Waals surface area contributed by atoms with Crippen molar-refractivity contribution in [1.29, 1.82) is 0 Å². The van der Waals surface area contributed by atoms with Crippen LogP contribution in [-0.4, -0.2) is 116 Å². The summed E-state index contributed by atoms with van der Waals surface area (Å²) in [5.74, 6) is 6.73. The van der Waals surface area contributed by atoms with Gasteiger partial charge in [-0.3, -0.25) is 29.5 Å². The number of alkyl halides is 2. The minimum Gasteiger partial charge on any atom is -0.374 e. The van der Waals surface area contributed by atoms with Gasteiger partial charge >= 0.3 is 6.03 Å². The maximum atomic E-state index is 14.3. The second-order valence-corrected chi connectivity index (χ2v) is 16.9. The van der Waals surface area contributed by atoms with E-state index in [2.05, 4.69) is 47.5 Å². The highest BCUT2D eigenvalue weighted by Gasteiger charge is 2.40. The number of nitrogens with one attached hydrogen (secondary N) is 2. The number of carbonyl (C=O) groups excluding carboxylic acids is 3. The van der Waals surface area contributed by atoms with E-state index in [-0.39, 0.29) is 47.9 Å². The zero-order valence-electron chi connectivity index (χ0n) is 34.1. The van der Waals surface area contributed by atoms with Gasteiger partial charge in [0.05, 0.1) is 54.7 Å². The molecule has 0 spiro atoms. The standard InChI is InChI=1S/C44H47F2N11O5/c45-41(46)40-36(49-43(59)35-21-48-56-16-11-38(50-42(35)56)55-24-33-19-31(55)26-62-33)25-57(52-40)30-6-3-28(4-7-30)23-53-13-9-32(10-14-53)61-17-1-2-27-5-8-34-29(18-27)20-47-22-37(34)54-15-12-39(58)51-44(54)60/h5,8,11,16,18,20-22,25,28,30-33,41H,3-4,6-7,9-10,12-15,17,19,23-24,26H2,(H,49,59)(H,51,58,60)/t28-,30-,31-,33-/m1/s1. The summed E-state index contributed by atoms with van der Waals surface area (Å²) in [5, 5.41) is 15.3. The first-order valence-electron chi connectivity index (χ1n) is 21.5. The number of urea groups is 1. The number of anilines is 3. The van der Waals surface area contributed by atoms with Crippen LogP contribution < -0.4 is 20.4 Å². The number of likely N-dealkylation sites (tertiary alicyclic amines) is 1. The van der Waals surface area contributed by atoms with Crippen LogP contribution in [0.3, 0.4) is 0 Å². The minimum atomic E-state index is -2.85. The lowest BCUT2D eigenvalue weighted by atomic mass is 9.85. The summed E-state index contributed by atoms with van der Waals surface area (Å²) in [4.78, 5) is 52.8. The fourth-order valence-corrected chi connectivity index (χ4v) is 9.66. The zero-order chi connectivity index (χ0) is 42.3. The van der Waals surface area contributed by atoms with Crippen molar-refractivity contribution in [1.82, 2.24) is 39.6 Å². The Bertz CT molecular complexity index is 2570. The van der Waals surface area contributed by atoms with Crippen LogP contribution in [0.4, 0.5) is 30.8 Å². The monoisotopic (exact) mass is 847 g/mol. The van der Waals surface area contributed by atoms with E-state index in [1.165, 1.54) is 15.6 Å². The van der Waals surface area contributed by atoms with E-state index in [9.17, 15) is 23.2 Å². The van der Waals surface area contributed by atoms with Crippen LogP contribution in [0.1, 0.15) is 85.4 Å². The van der Waals surface area contributed by atoms with Gasteiger partial charge in [-0.05, 0) is 69.1 Å². The van der Waals surface area contributed by atoms with Gasteiger partial charge in [0.2, 0.25) is 5.91 Å².